The van der Waals surface area contributed by atoms with Crippen molar-refractivity contribution < 1.29 is 19.4 Å². The Morgan fingerprint density at radius 3 is 2.94 bits per heavy atom. The lowest BCUT2D eigenvalue weighted by molar-refractivity contribution is -0.138. The van der Waals surface area contributed by atoms with Crippen molar-refractivity contribution in [1.82, 2.24) is 0 Å². The van der Waals surface area contributed by atoms with Crippen LogP contribution in [0.15, 0.2) is 12.1 Å². The molecule has 0 spiro atoms. The van der Waals surface area contributed by atoms with Crippen LogP contribution in [0.3, 0.4) is 0 Å². The minimum absolute atomic E-state index is 0.103. The lowest BCUT2D eigenvalue weighted by Crippen LogP contribution is -2.21. The van der Waals surface area contributed by atoms with Gasteiger partial charge in [0.15, 0.2) is 0 Å². The van der Waals surface area contributed by atoms with Crippen molar-refractivity contribution in [2.24, 2.45) is 5.73 Å². The number of aliphatic carboxylic acids is 1. The number of benzene rings is 1. The first-order valence-electron chi connectivity index (χ1n) is 5.38. The fourth-order valence-corrected chi connectivity index (χ4v) is 2.01. The van der Waals surface area contributed by atoms with Gasteiger partial charge in [0.2, 0.25) is 0 Å². The Morgan fingerprint density at radius 1 is 1.65 bits per heavy atom. The van der Waals surface area contributed by atoms with Crippen molar-refractivity contribution in [2.45, 2.75) is 25.5 Å². The molecule has 0 aromatic heterocycles. The maximum absolute atomic E-state index is 10.9. The number of ether oxygens (including phenoxy) is 2. The largest absolute Gasteiger partial charge is 0.496 e. The summed E-state index contributed by atoms with van der Waals surface area (Å²) in [4.78, 5) is 10.9. The molecule has 2 unspecified atom stereocenters. The Balaban J connectivity index is 2.46. The summed E-state index contributed by atoms with van der Waals surface area (Å²) in [5.74, 6) is 0.107. The maximum Gasteiger partial charge on any atom is 0.325 e. The molecule has 5 heteroatoms. The van der Waals surface area contributed by atoms with Gasteiger partial charge in [0.25, 0.3) is 0 Å². The number of carboxylic acids is 1. The fourth-order valence-electron chi connectivity index (χ4n) is 2.01. The third-order valence-corrected chi connectivity index (χ3v) is 2.85. The Hall–Kier alpha value is -1.75. The first-order valence-corrected chi connectivity index (χ1v) is 5.38. The molecule has 0 saturated carbocycles. The van der Waals surface area contributed by atoms with Crippen LogP contribution in [0.25, 0.3) is 0 Å². The van der Waals surface area contributed by atoms with E-state index in [0.29, 0.717) is 17.1 Å². The predicted molar refractivity (Wildman–Crippen MR) is 61.4 cm³/mol. The van der Waals surface area contributed by atoms with E-state index in [1.165, 1.54) is 7.11 Å². The van der Waals surface area contributed by atoms with E-state index >= 15 is 0 Å². The first kappa shape index (κ1) is 11.7. The zero-order valence-corrected chi connectivity index (χ0v) is 9.77. The molecule has 5 nitrogen and oxygen atoms in total. The summed E-state index contributed by atoms with van der Waals surface area (Å²) in [6, 6.07) is 2.36. The molecule has 92 valence electrons. The molecule has 2 rings (SSSR count). The number of methoxy groups -OCH3 is 1. The number of fused-ring (bicyclic) bond motifs is 1. The second-order valence-corrected chi connectivity index (χ2v) is 4.15. The second-order valence-electron chi connectivity index (χ2n) is 4.15. The van der Waals surface area contributed by atoms with E-state index in [0.717, 1.165) is 12.0 Å². The van der Waals surface area contributed by atoms with Gasteiger partial charge in [-0.05, 0) is 19.1 Å². The molecule has 1 aromatic carbocycles. The molecule has 1 aromatic rings. The van der Waals surface area contributed by atoms with Gasteiger partial charge in [-0.15, -0.1) is 0 Å². The molecule has 2 atom stereocenters. The van der Waals surface area contributed by atoms with Crippen LogP contribution >= 0.6 is 0 Å². The van der Waals surface area contributed by atoms with Crippen molar-refractivity contribution in [1.29, 1.82) is 0 Å². The summed E-state index contributed by atoms with van der Waals surface area (Å²) in [5.41, 5.74) is 7.07. The van der Waals surface area contributed by atoms with Gasteiger partial charge >= 0.3 is 5.97 Å². The number of carbonyl (C=O) groups is 1. The molecule has 17 heavy (non-hydrogen) atoms. The van der Waals surface area contributed by atoms with Crippen molar-refractivity contribution in [3.05, 3.63) is 23.3 Å². The normalized spacial score (nSPS) is 19.4. The monoisotopic (exact) mass is 237 g/mol. The molecule has 0 fully saturated rings. The minimum Gasteiger partial charge on any atom is -0.496 e. The molecule has 0 saturated heterocycles. The molecule has 0 bridgehead atoms. The molecule has 1 aliphatic heterocycles. The molecular weight excluding hydrogens is 222 g/mol. The third-order valence-electron chi connectivity index (χ3n) is 2.85. The summed E-state index contributed by atoms with van der Waals surface area (Å²) < 4.78 is 10.8. The van der Waals surface area contributed by atoms with Crippen LogP contribution < -0.4 is 15.2 Å². The molecule has 3 N–H and O–H groups in total. The molecule has 1 aliphatic rings. The van der Waals surface area contributed by atoms with Gasteiger partial charge < -0.3 is 20.3 Å². The van der Waals surface area contributed by atoms with Gasteiger partial charge in [-0.2, -0.15) is 0 Å². The summed E-state index contributed by atoms with van der Waals surface area (Å²) in [5, 5.41) is 8.93. The highest BCUT2D eigenvalue weighted by molar-refractivity contribution is 5.77. The number of hydrogen-bond donors (Lipinski definition) is 2. The Morgan fingerprint density at radius 2 is 2.35 bits per heavy atom. The number of hydrogen-bond acceptors (Lipinski definition) is 4. The summed E-state index contributed by atoms with van der Waals surface area (Å²) >= 11 is 0. The molecule has 0 amide bonds. The van der Waals surface area contributed by atoms with E-state index in [9.17, 15) is 4.79 Å². The van der Waals surface area contributed by atoms with Crippen LogP contribution in [-0.2, 0) is 11.2 Å². The van der Waals surface area contributed by atoms with Gasteiger partial charge in [-0.1, -0.05) is 0 Å². The van der Waals surface area contributed by atoms with Crippen LogP contribution in [0.4, 0.5) is 0 Å². The van der Waals surface area contributed by atoms with E-state index < -0.39 is 12.0 Å². The Labute approximate surface area is 99.1 Å². The Bertz CT molecular complexity index is 458. The number of carboxylic acid groups (broad SMARTS) is 1. The quantitative estimate of drug-likeness (QED) is 0.822. The summed E-state index contributed by atoms with van der Waals surface area (Å²) in [7, 11) is 1.50. The van der Waals surface area contributed by atoms with Gasteiger partial charge in [0.05, 0.1) is 7.11 Å². The van der Waals surface area contributed by atoms with E-state index in [1.807, 2.05) is 6.92 Å². The van der Waals surface area contributed by atoms with Crippen LogP contribution in [-0.4, -0.2) is 24.3 Å². The number of rotatable bonds is 3. The van der Waals surface area contributed by atoms with E-state index in [4.69, 9.17) is 20.3 Å². The molecule has 1 heterocycles. The highest BCUT2D eigenvalue weighted by Gasteiger charge is 2.26. The van der Waals surface area contributed by atoms with Crippen LogP contribution in [0.2, 0.25) is 0 Å². The van der Waals surface area contributed by atoms with Crippen molar-refractivity contribution in [2.75, 3.05) is 7.11 Å². The van der Waals surface area contributed by atoms with Gasteiger partial charge in [0, 0.05) is 17.5 Å². The predicted octanol–water partition coefficient (Wildman–Crippen LogP) is 1.10. The second kappa shape index (κ2) is 4.25. The lowest BCUT2D eigenvalue weighted by Gasteiger charge is -2.13. The topological polar surface area (TPSA) is 81.8 Å². The van der Waals surface area contributed by atoms with E-state index in [1.54, 1.807) is 12.1 Å². The first-order chi connectivity index (χ1) is 8.02. The maximum atomic E-state index is 10.9. The zero-order valence-electron chi connectivity index (χ0n) is 9.77. The minimum atomic E-state index is -1.10. The van der Waals surface area contributed by atoms with Crippen molar-refractivity contribution >= 4 is 5.97 Å². The molecular formula is C12H15NO4. The highest BCUT2D eigenvalue weighted by atomic mass is 16.5. The molecule has 0 radical (unpaired) electrons. The third kappa shape index (κ3) is 2.06. The summed E-state index contributed by atoms with van der Waals surface area (Å²) in [6.45, 7) is 1.96. The van der Waals surface area contributed by atoms with Gasteiger partial charge in [-0.25, -0.2) is 0 Å². The number of nitrogens with two attached hydrogens (primary N) is 1. The highest BCUT2D eigenvalue weighted by Crippen LogP contribution is 2.36. The molecule has 0 aliphatic carbocycles. The standard InChI is InChI=1S/C12H15NO4/c1-6-3-7-4-10(16-2)8(5-9(7)17-6)11(13)12(14)15/h4-6,11H,3,13H2,1-2H3,(H,14,15). The smallest absolute Gasteiger partial charge is 0.325 e. The zero-order chi connectivity index (χ0) is 12.6. The van der Waals surface area contributed by atoms with E-state index in [-0.39, 0.29) is 6.10 Å². The van der Waals surface area contributed by atoms with Crippen LogP contribution in [0, 0.1) is 0 Å². The summed E-state index contributed by atoms with van der Waals surface area (Å²) in [6.07, 6.45) is 0.903. The SMILES string of the molecule is COc1cc2c(cc1C(N)C(=O)O)OC(C)C2. The lowest BCUT2D eigenvalue weighted by atomic mass is 10.0. The van der Waals surface area contributed by atoms with Crippen molar-refractivity contribution in [3.8, 4) is 11.5 Å². The average Bonchev–Trinajstić information content (AvgIpc) is 2.65. The van der Waals surface area contributed by atoms with E-state index in [2.05, 4.69) is 0 Å². The van der Waals surface area contributed by atoms with Gasteiger partial charge in [-0.3, -0.25) is 4.79 Å². The van der Waals surface area contributed by atoms with Gasteiger partial charge in [0.1, 0.15) is 23.6 Å². The average molecular weight is 237 g/mol. The fraction of sp³-hybridized carbons (Fsp3) is 0.417. The van der Waals surface area contributed by atoms with Crippen molar-refractivity contribution in [3.63, 3.8) is 0 Å². The van der Waals surface area contributed by atoms with Crippen LogP contribution in [0.1, 0.15) is 24.1 Å². The Kier molecular flexibility index (Phi) is 2.93. The van der Waals surface area contributed by atoms with Crippen LogP contribution in [0.5, 0.6) is 11.5 Å².